The normalized spacial score (nSPS) is 11.2. The minimum absolute atomic E-state index is 0.0563. The van der Waals surface area contributed by atoms with Crippen molar-refractivity contribution in [2.75, 3.05) is 6.54 Å². The van der Waals surface area contributed by atoms with E-state index in [2.05, 4.69) is 10.3 Å². The number of thioether (sulfide) groups is 1. The molecule has 1 N–H and O–H groups in total. The minimum atomic E-state index is -4.33. The van der Waals surface area contributed by atoms with Crippen LogP contribution in [-0.4, -0.2) is 22.9 Å². The Bertz CT molecular complexity index is 615. The van der Waals surface area contributed by atoms with Gasteiger partial charge < -0.3 is 5.32 Å². The first kappa shape index (κ1) is 16.4. The summed E-state index contributed by atoms with van der Waals surface area (Å²) in [5.74, 6) is -0.308. The molecular formula is C15H13F3N2OS. The second-order valence-electron chi connectivity index (χ2n) is 4.43. The second-order valence-corrected chi connectivity index (χ2v) is 5.57. The summed E-state index contributed by atoms with van der Waals surface area (Å²) in [4.78, 5) is 15.8. The van der Waals surface area contributed by atoms with Crippen LogP contribution in [0.5, 0.6) is 0 Å². The van der Waals surface area contributed by atoms with Gasteiger partial charge in [0.05, 0.1) is 0 Å². The summed E-state index contributed by atoms with van der Waals surface area (Å²) in [6.45, 7) is 0.446. The molecule has 0 saturated carbocycles. The number of aromatic nitrogens is 1. The fourth-order valence-electron chi connectivity index (χ4n) is 1.78. The first-order valence-electron chi connectivity index (χ1n) is 6.47. The molecule has 0 spiro atoms. The van der Waals surface area contributed by atoms with Crippen molar-refractivity contribution in [3.8, 4) is 0 Å². The zero-order chi connectivity index (χ0) is 16.0. The molecule has 7 heteroatoms. The van der Waals surface area contributed by atoms with Crippen molar-refractivity contribution >= 4 is 17.7 Å². The Labute approximate surface area is 129 Å². The van der Waals surface area contributed by atoms with Gasteiger partial charge >= 0.3 is 5.51 Å². The van der Waals surface area contributed by atoms with Crippen LogP contribution in [0.3, 0.4) is 0 Å². The van der Waals surface area contributed by atoms with Crippen molar-refractivity contribution in [1.82, 2.24) is 10.3 Å². The molecule has 22 heavy (non-hydrogen) atoms. The molecular weight excluding hydrogens is 313 g/mol. The van der Waals surface area contributed by atoms with Gasteiger partial charge in [-0.1, -0.05) is 0 Å². The van der Waals surface area contributed by atoms with Gasteiger partial charge in [-0.15, -0.1) is 0 Å². The minimum Gasteiger partial charge on any atom is -0.352 e. The monoisotopic (exact) mass is 326 g/mol. The largest absolute Gasteiger partial charge is 0.446 e. The molecule has 116 valence electrons. The van der Waals surface area contributed by atoms with E-state index in [0.717, 1.165) is 5.56 Å². The molecule has 1 amide bonds. The summed E-state index contributed by atoms with van der Waals surface area (Å²) in [7, 11) is 0. The summed E-state index contributed by atoms with van der Waals surface area (Å²) in [6.07, 6.45) is 4.01. The number of halogens is 3. The Balaban J connectivity index is 1.85. The van der Waals surface area contributed by atoms with Gasteiger partial charge in [-0.2, -0.15) is 13.2 Å². The highest BCUT2D eigenvalue weighted by molar-refractivity contribution is 8.00. The third kappa shape index (κ3) is 5.40. The maximum Gasteiger partial charge on any atom is 0.446 e. The van der Waals surface area contributed by atoms with E-state index < -0.39 is 5.51 Å². The highest BCUT2D eigenvalue weighted by Crippen LogP contribution is 2.36. The topological polar surface area (TPSA) is 42.0 Å². The molecule has 1 aromatic carbocycles. The summed E-state index contributed by atoms with van der Waals surface area (Å²) < 4.78 is 36.6. The van der Waals surface area contributed by atoms with E-state index in [1.807, 2.05) is 12.1 Å². The second kappa shape index (κ2) is 7.31. The lowest BCUT2D eigenvalue weighted by Gasteiger charge is -2.07. The zero-order valence-electron chi connectivity index (χ0n) is 11.4. The predicted octanol–water partition coefficient (Wildman–Crippen LogP) is 3.67. The van der Waals surface area contributed by atoms with Gasteiger partial charge in [-0.25, -0.2) is 0 Å². The van der Waals surface area contributed by atoms with Gasteiger partial charge in [0.25, 0.3) is 5.91 Å². The number of amides is 1. The lowest BCUT2D eigenvalue weighted by Crippen LogP contribution is -2.25. The van der Waals surface area contributed by atoms with Gasteiger partial charge in [0.2, 0.25) is 0 Å². The van der Waals surface area contributed by atoms with E-state index in [-0.39, 0.29) is 22.6 Å². The fraction of sp³-hybridized carbons (Fsp3) is 0.200. The number of hydrogen-bond acceptors (Lipinski definition) is 3. The standard InChI is InChI=1S/C15H13F3N2OS/c16-15(17,18)22-13-3-1-12(2-4-13)14(21)20-10-7-11-5-8-19-9-6-11/h1-6,8-9H,7,10H2,(H,20,21). The number of pyridine rings is 1. The average molecular weight is 326 g/mol. The highest BCUT2D eigenvalue weighted by atomic mass is 32.2. The Hall–Kier alpha value is -2.02. The van der Waals surface area contributed by atoms with Crippen molar-refractivity contribution in [2.24, 2.45) is 0 Å². The number of nitrogens with one attached hydrogen (secondary N) is 1. The molecule has 0 aliphatic carbocycles. The summed E-state index contributed by atoms with van der Waals surface area (Å²) >= 11 is -0.201. The number of benzene rings is 1. The highest BCUT2D eigenvalue weighted by Gasteiger charge is 2.29. The number of hydrogen-bond donors (Lipinski definition) is 1. The van der Waals surface area contributed by atoms with Crippen molar-refractivity contribution < 1.29 is 18.0 Å². The molecule has 2 rings (SSSR count). The molecule has 0 aliphatic heterocycles. The smallest absolute Gasteiger partial charge is 0.352 e. The number of alkyl halides is 3. The van der Waals surface area contributed by atoms with Gasteiger partial charge in [-0.3, -0.25) is 9.78 Å². The van der Waals surface area contributed by atoms with Crippen LogP contribution < -0.4 is 5.32 Å². The predicted molar refractivity (Wildman–Crippen MR) is 78.6 cm³/mol. The molecule has 0 saturated heterocycles. The van der Waals surface area contributed by atoms with Crippen LogP contribution >= 0.6 is 11.8 Å². The van der Waals surface area contributed by atoms with Crippen LogP contribution in [-0.2, 0) is 6.42 Å². The van der Waals surface area contributed by atoms with Crippen molar-refractivity contribution in [1.29, 1.82) is 0 Å². The van der Waals surface area contributed by atoms with Crippen molar-refractivity contribution in [2.45, 2.75) is 16.8 Å². The number of carbonyl (C=O) groups is 1. The van der Waals surface area contributed by atoms with E-state index in [1.165, 1.54) is 24.3 Å². The molecule has 3 nitrogen and oxygen atoms in total. The van der Waals surface area contributed by atoms with Gasteiger partial charge in [-0.05, 0) is 60.1 Å². The van der Waals surface area contributed by atoms with E-state index in [9.17, 15) is 18.0 Å². The van der Waals surface area contributed by atoms with Crippen LogP contribution in [0.1, 0.15) is 15.9 Å². The molecule has 0 fully saturated rings. The quantitative estimate of drug-likeness (QED) is 0.853. The lowest BCUT2D eigenvalue weighted by atomic mass is 10.2. The van der Waals surface area contributed by atoms with E-state index in [0.29, 0.717) is 18.5 Å². The Kier molecular flexibility index (Phi) is 5.43. The first-order valence-corrected chi connectivity index (χ1v) is 7.28. The number of nitrogens with zero attached hydrogens (tertiary/aromatic N) is 1. The van der Waals surface area contributed by atoms with Gasteiger partial charge in [0.15, 0.2) is 0 Å². The zero-order valence-corrected chi connectivity index (χ0v) is 12.2. The van der Waals surface area contributed by atoms with E-state index in [4.69, 9.17) is 0 Å². The van der Waals surface area contributed by atoms with Crippen LogP contribution in [0.2, 0.25) is 0 Å². The third-order valence-electron chi connectivity index (χ3n) is 2.80. The first-order chi connectivity index (χ1) is 10.4. The van der Waals surface area contributed by atoms with Crippen LogP contribution in [0, 0.1) is 0 Å². The molecule has 0 aliphatic rings. The Morgan fingerprint density at radius 2 is 1.73 bits per heavy atom. The maximum atomic E-state index is 12.2. The molecule has 0 radical (unpaired) electrons. The third-order valence-corrected chi connectivity index (χ3v) is 3.54. The Morgan fingerprint density at radius 1 is 1.09 bits per heavy atom. The SMILES string of the molecule is O=C(NCCc1ccncc1)c1ccc(SC(F)(F)F)cc1. The summed E-state index contributed by atoms with van der Waals surface area (Å²) in [6, 6.07) is 9.06. The lowest BCUT2D eigenvalue weighted by molar-refractivity contribution is -0.0328. The van der Waals surface area contributed by atoms with Crippen molar-refractivity contribution in [3.05, 3.63) is 59.9 Å². The number of rotatable bonds is 5. The molecule has 0 atom stereocenters. The van der Waals surface area contributed by atoms with Crippen LogP contribution in [0.25, 0.3) is 0 Å². The molecule has 1 heterocycles. The van der Waals surface area contributed by atoms with Crippen molar-refractivity contribution in [3.63, 3.8) is 0 Å². The van der Waals surface area contributed by atoms with E-state index in [1.54, 1.807) is 12.4 Å². The average Bonchev–Trinajstić information content (AvgIpc) is 2.47. The molecule has 2 aromatic rings. The Morgan fingerprint density at radius 3 is 2.32 bits per heavy atom. The molecule has 1 aromatic heterocycles. The van der Waals surface area contributed by atoms with E-state index >= 15 is 0 Å². The fourth-order valence-corrected chi connectivity index (χ4v) is 2.32. The molecule has 0 bridgehead atoms. The molecule has 0 unspecified atom stereocenters. The van der Waals surface area contributed by atoms with Crippen LogP contribution in [0.4, 0.5) is 13.2 Å². The maximum absolute atomic E-state index is 12.2. The summed E-state index contributed by atoms with van der Waals surface area (Å²) in [5, 5.41) is 2.73. The van der Waals surface area contributed by atoms with Crippen LogP contribution in [0.15, 0.2) is 53.7 Å². The van der Waals surface area contributed by atoms with Gasteiger partial charge in [0, 0.05) is 29.4 Å². The number of carbonyl (C=O) groups excluding carboxylic acids is 1. The summed E-state index contributed by atoms with van der Waals surface area (Å²) in [5.41, 5.74) is -2.94. The van der Waals surface area contributed by atoms with Gasteiger partial charge in [0.1, 0.15) is 0 Å².